The summed E-state index contributed by atoms with van der Waals surface area (Å²) in [5.74, 6) is 1.11. The lowest BCUT2D eigenvalue weighted by Gasteiger charge is -2.21. The molecule has 0 N–H and O–H groups in total. The van der Waals surface area contributed by atoms with Gasteiger partial charge in [-0.2, -0.15) is 4.37 Å². The van der Waals surface area contributed by atoms with Gasteiger partial charge in [0.1, 0.15) is 5.82 Å². The van der Waals surface area contributed by atoms with E-state index >= 15 is 0 Å². The molecular formula is C23H36N4O2S2. The molecular weight excluding hydrogens is 428 g/mol. The molecule has 0 amide bonds. The molecule has 31 heavy (non-hydrogen) atoms. The first-order valence-corrected chi connectivity index (χ1v) is 14.0. The molecule has 8 heteroatoms. The zero-order valence-electron chi connectivity index (χ0n) is 18.9. The van der Waals surface area contributed by atoms with Gasteiger partial charge in [-0.1, -0.05) is 68.9 Å². The van der Waals surface area contributed by atoms with Gasteiger partial charge < -0.3 is 4.90 Å². The van der Waals surface area contributed by atoms with Crippen LogP contribution < -0.4 is 4.90 Å². The van der Waals surface area contributed by atoms with Crippen molar-refractivity contribution in [3.05, 3.63) is 41.2 Å². The van der Waals surface area contributed by atoms with Gasteiger partial charge in [-0.15, -0.1) is 0 Å². The molecule has 2 aromatic rings. The number of hydrogen-bond acceptors (Lipinski definition) is 6. The van der Waals surface area contributed by atoms with Crippen molar-refractivity contribution < 1.29 is 8.42 Å². The highest BCUT2D eigenvalue weighted by molar-refractivity contribution is 7.89. The third kappa shape index (κ3) is 7.54. The van der Waals surface area contributed by atoms with Crippen LogP contribution in [0.1, 0.15) is 68.8 Å². The molecule has 1 aromatic heterocycles. The second-order valence-corrected chi connectivity index (χ2v) is 11.3. The van der Waals surface area contributed by atoms with Crippen LogP contribution in [0, 0.1) is 6.92 Å². The number of sulfonamides is 1. The molecule has 0 atom stereocenters. The summed E-state index contributed by atoms with van der Waals surface area (Å²) in [6.07, 6.45) is 8.13. The van der Waals surface area contributed by atoms with Crippen LogP contribution in [-0.4, -0.2) is 54.0 Å². The first-order chi connectivity index (χ1) is 15.0. The number of rotatable bonds is 11. The molecule has 0 saturated carbocycles. The molecule has 2 heterocycles. The summed E-state index contributed by atoms with van der Waals surface area (Å²) < 4.78 is 31.8. The molecule has 3 rings (SSSR count). The Morgan fingerprint density at radius 3 is 2.48 bits per heavy atom. The summed E-state index contributed by atoms with van der Waals surface area (Å²) >= 11 is 1.42. The van der Waals surface area contributed by atoms with Crippen LogP contribution in [0.25, 0.3) is 0 Å². The average Bonchev–Trinajstić information content (AvgIpc) is 3.06. The summed E-state index contributed by atoms with van der Waals surface area (Å²) in [6.45, 7) is 6.91. The highest BCUT2D eigenvalue weighted by Gasteiger charge is 2.26. The van der Waals surface area contributed by atoms with Gasteiger partial charge in [0, 0.05) is 44.1 Å². The fourth-order valence-corrected chi connectivity index (χ4v) is 6.22. The molecule has 6 nitrogen and oxygen atoms in total. The van der Waals surface area contributed by atoms with Crippen molar-refractivity contribution in [3.63, 3.8) is 0 Å². The number of unbranched alkanes of at least 4 members (excludes halogenated alkanes) is 5. The molecule has 172 valence electrons. The minimum Gasteiger partial charge on any atom is -0.345 e. The first-order valence-electron chi connectivity index (χ1n) is 11.6. The van der Waals surface area contributed by atoms with Crippen LogP contribution in [-0.2, 0) is 16.4 Å². The van der Waals surface area contributed by atoms with E-state index in [9.17, 15) is 8.42 Å². The number of hydrogen-bond donors (Lipinski definition) is 0. The molecule has 1 saturated heterocycles. The van der Waals surface area contributed by atoms with E-state index in [1.54, 1.807) is 4.31 Å². The molecule has 1 aliphatic heterocycles. The quantitative estimate of drug-likeness (QED) is 0.453. The van der Waals surface area contributed by atoms with E-state index in [0.29, 0.717) is 19.6 Å². The van der Waals surface area contributed by atoms with Crippen molar-refractivity contribution >= 4 is 26.7 Å². The molecule has 0 aliphatic carbocycles. The van der Waals surface area contributed by atoms with Crippen LogP contribution in [0.15, 0.2) is 24.3 Å². The predicted octanol–water partition coefficient (Wildman–Crippen LogP) is 4.64. The number of aryl methyl sites for hydroxylation is 1. The average molecular weight is 465 g/mol. The minimum absolute atomic E-state index is 0.276. The molecule has 1 aliphatic rings. The van der Waals surface area contributed by atoms with E-state index in [2.05, 4.69) is 47.4 Å². The maximum Gasteiger partial charge on any atom is 0.214 e. The Morgan fingerprint density at radius 2 is 1.71 bits per heavy atom. The van der Waals surface area contributed by atoms with Crippen molar-refractivity contribution in [3.8, 4) is 0 Å². The van der Waals surface area contributed by atoms with E-state index < -0.39 is 10.0 Å². The smallest absolute Gasteiger partial charge is 0.214 e. The lowest BCUT2D eigenvalue weighted by atomic mass is 10.1. The van der Waals surface area contributed by atoms with Gasteiger partial charge in [-0.05, 0) is 25.3 Å². The first kappa shape index (κ1) is 24.1. The highest BCUT2D eigenvalue weighted by Crippen LogP contribution is 2.22. The van der Waals surface area contributed by atoms with Crippen molar-refractivity contribution in [1.82, 2.24) is 13.7 Å². The van der Waals surface area contributed by atoms with Crippen LogP contribution in [0.5, 0.6) is 0 Å². The van der Waals surface area contributed by atoms with E-state index in [0.717, 1.165) is 49.6 Å². The third-order valence-corrected chi connectivity index (χ3v) is 8.59. The Morgan fingerprint density at radius 1 is 0.968 bits per heavy atom. The van der Waals surface area contributed by atoms with Gasteiger partial charge in [-0.25, -0.2) is 17.7 Å². The van der Waals surface area contributed by atoms with E-state index in [1.165, 1.54) is 41.9 Å². The Hall–Kier alpha value is -1.51. The molecule has 0 radical (unpaired) electrons. The summed E-state index contributed by atoms with van der Waals surface area (Å²) in [4.78, 5) is 6.92. The molecule has 1 aromatic carbocycles. The van der Waals surface area contributed by atoms with Gasteiger partial charge in [0.25, 0.3) is 0 Å². The fraction of sp³-hybridized carbons (Fsp3) is 0.652. The van der Waals surface area contributed by atoms with Crippen LogP contribution in [0.4, 0.5) is 5.13 Å². The maximum atomic E-state index is 12.8. The second-order valence-electron chi connectivity index (χ2n) is 8.48. The Labute approximate surface area is 191 Å². The molecule has 0 bridgehead atoms. The Kier molecular flexibility index (Phi) is 9.29. The summed E-state index contributed by atoms with van der Waals surface area (Å²) in [6, 6.07) is 8.46. The SMILES string of the molecule is CCCCCCCCS(=O)(=O)N1CCCN(c2nc(Cc3ccc(C)cc3)ns2)CC1. The summed E-state index contributed by atoms with van der Waals surface area (Å²) in [7, 11) is -3.17. The van der Waals surface area contributed by atoms with E-state index in [4.69, 9.17) is 4.98 Å². The maximum absolute atomic E-state index is 12.8. The molecule has 0 spiro atoms. The molecule has 0 unspecified atom stereocenters. The summed E-state index contributed by atoms with van der Waals surface area (Å²) in [5.41, 5.74) is 2.45. The van der Waals surface area contributed by atoms with Crippen LogP contribution in [0.3, 0.4) is 0 Å². The minimum atomic E-state index is -3.17. The van der Waals surface area contributed by atoms with Crippen molar-refractivity contribution in [2.24, 2.45) is 0 Å². The van der Waals surface area contributed by atoms with E-state index in [-0.39, 0.29) is 5.75 Å². The number of anilines is 1. The van der Waals surface area contributed by atoms with Crippen LogP contribution in [0.2, 0.25) is 0 Å². The van der Waals surface area contributed by atoms with E-state index in [1.807, 2.05) is 0 Å². The number of nitrogens with zero attached hydrogens (tertiary/aromatic N) is 4. The normalized spacial score (nSPS) is 15.9. The van der Waals surface area contributed by atoms with Gasteiger partial charge in [0.05, 0.1) is 5.75 Å². The van der Waals surface area contributed by atoms with Crippen molar-refractivity contribution in [2.75, 3.05) is 36.8 Å². The topological polar surface area (TPSA) is 66.4 Å². The Balaban J connectivity index is 1.49. The van der Waals surface area contributed by atoms with Crippen LogP contribution >= 0.6 is 11.5 Å². The zero-order chi connectivity index (χ0) is 22.1. The number of aromatic nitrogens is 2. The standard InChI is InChI=1S/C23H36N4O2S2/c1-3-4-5-6-7-8-18-31(28,29)27-15-9-14-26(16-17-27)23-24-22(25-30-23)19-21-12-10-20(2)11-13-21/h10-13H,3-9,14-19H2,1-2H3. The van der Waals surface area contributed by atoms with Gasteiger partial charge in [-0.3, -0.25) is 0 Å². The monoisotopic (exact) mass is 464 g/mol. The van der Waals surface area contributed by atoms with Gasteiger partial charge in [0.15, 0.2) is 0 Å². The van der Waals surface area contributed by atoms with Crippen molar-refractivity contribution in [1.29, 1.82) is 0 Å². The highest BCUT2D eigenvalue weighted by atomic mass is 32.2. The van der Waals surface area contributed by atoms with Crippen molar-refractivity contribution in [2.45, 2.75) is 65.2 Å². The Bertz CT molecular complexity index is 897. The lowest BCUT2D eigenvalue weighted by molar-refractivity contribution is 0.431. The lowest BCUT2D eigenvalue weighted by Crippen LogP contribution is -2.36. The van der Waals surface area contributed by atoms with Gasteiger partial charge >= 0.3 is 0 Å². The van der Waals surface area contributed by atoms with Gasteiger partial charge in [0.2, 0.25) is 15.2 Å². The number of benzene rings is 1. The third-order valence-electron chi connectivity index (χ3n) is 5.81. The largest absolute Gasteiger partial charge is 0.345 e. The summed E-state index contributed by atoms with van der Waals surface area (Å²) in [5, 5.41) is 0.900. The molecule has 1 fully saturated rings. The zero-order valence-corrected chi connectivity index (χ0v) is 20.6. The second kappa shape index (κ2) is 11.9. The fourth-order valence-electron chi connectivity index (χ4n) is 3.89. The predicted molar refractivity (Wildman–Crippen MR) is 129 cm³/mol.